The summed E-state index contributed by atoms with van der Waals surface area (Å²) in [4.78, 5) is 21.2. The van der Waals surface area contributed by atoms with Crippen molar-refractivity contribution in [3.8, 4) is 5.75 Å². The number of ether oxygens (including phenoxy) is 1. The molecule has 0 N–H and O–H groups in total. The van der Waals surface area contributed by atoms with Gasteiger partial charge in [-0.25, -0.2) is 0 Å². The lowest BCUT2D eigenvalue weighted by Crippen LogP contribution is -2.07. The van der Waals surface area contributed by atoms with Gasteiger partial charge in [0, 0.05) is 18.2 Å². The van der Waals surface area contributed by atoms with E-state index in [1.54, 1.807) is 4.68 Å². The van der Waals surface area contributed by atoms with Crippen LogP contribution in [0.15, 0.2) is 24.3 Å². The molecule has 0 aliphatic carbocycles. The number of nitrogens with zero attached hydrogens (tertiary/aromatic N) is 3. The summed E-state index contributed by atoms with van der Waals surface area (Å²) in [7, 11) is 0. The summed E-state index contributed by atoms with van der Waals surface area (Å²) in [5, 5.41) is 15.3. The number of aromatic nitrogens is 2. The fourth-order valence-corrected chi connectivity index (χ4v) is 2.01. The highest BCUT2D eigenvalue weighted by molar-refractivity contribution is 5.76. The molecule has 110 valence electrons. The Bertz CT molecular complexity index is 679. The number of aldehydes is 1. The van der Waals surface area contributed by atoms with Gasteiger partial charge in [-0.2, -0.15) is 5.10 Å². The molecule has 1 aromatic heterocycles. The molecular weight excluding hydrogens is 274 g/mol. The molecule has 0 radical (unpaired) electrons. The normalized spacial score (nSPS) is 10.4. The highest BCUT2D eigenvalue weighted by atomic mass is 16.6. The summed E-state index contributed by atoms with van der Waals surface area (Å²) < 4.78 is 7.29. The second-order valence-electron chi connectivity index (χ2n) is 4.48. The van der Waals surface area contributed by atoms with Gasteiger partial charge in [0.05, 0.1) is 16.3 Å². The third-order valence-corrected chi connectivity index (χ3v) is 2.98. The standard InChI is InChI=1S/C14H15N3O4/c1-3-16-12(6-10(2)15-16)9-21-14-7-11(8-18)4-5-13(14)17(19)20/h4-8H,3,9H2,1-2H3. The quantitative estimate of drug-likeness (QED) is 0.463. The number of nitro benzene ring substituents is 1. The number of hydrogen-bond donors (Lipinski definition) is 0. The maximum absolute atomic E-state index is 11.0. The molecule has 0 bridgehead atoms. The van der Waals surface area contributed by atoms with Crippen LogP contribution in [0.5, 0.6) is 5.75 Å². The van der Waals surface area contributed by atoms with Crippen molar-refractivity contribution in [3.63, 3.8) is 0 Å². The predicted molar refractivity (Wildman–Crippen MR) is 75.5 cm³/mol. The number of rotatable bonds is 6. The van der Waals surface area contributed by atoms with E-state index in [1.807, 2.05) is 19.9 Å². The smallest absolute Gasteiger partial charge is 0.310 e. The van der Waals surface area contributed by atoms with Gasteiger partial charge in [-0.3, -0.25) is 19.6 Å². The number of aryl methyl sites for hydroxylation is 2. The SMILES string of the molecule is CCn1nc(C)cc1COc1cc(C=O)ccc1[N+](=O)[O-]. The molecular formula is C14H15N3O4. The second kappa shape index (κ2) is 6.17. The molecule has 0 spiro atoms. The van der Waals surface area contributed by atoms with E-state index in [1.165, 1.54) is 18.2 Å². The molecule has 0 saturated carbocycles. The van der Waals surface area contributed by atoms with E-state index in [0.29, 0.717) is 18.4 Å². The minimum Gasteiger partial charge on any atom is -0.480 e. The molecule has 2 rings (SSSR count). The topological polar surface area (TPSA) is 87.3 Å². The van der Waals surface area contributed by atoms with Crippen molar-refractivity contribution in [1.29, 1.82) is 0 Å². The zero-order valence-electron chi connectivity index (χ0n) is 11.8. The van der Waals surface area contributed by atoms with Crippen molar-refractivity contribution in [2.75, 3.05) is 0 Å². The lowest BCUT2D eigenvalue weighted by atomic mass is 10.2. The van der Waals surface area contributed by atoms with E-state index in [2.05, 4.69) is 5.10 Å². The Morgan fingerprint density at radius 3 is 2.81 bits per heavy atom. The van der Waals surface area contributed by atoms with Gasteiger partial charge in [-0.1, -0.05) is 0 Å². The molecule has 0 unspecified atom stereocenters. The average Bonchev–Trinajstić information content (AvgIpc) is 2.84. The molecule has 2 aromatic rings. The van der Waals surface area contributed by atoms with Gasteiger partial charge in [0.1, 0.15) is 12.9 Å². The maximum atomic E-state index is 11.0. The average molecular weight is 289 g/mol. The second-order valence-corrected chi connectivity index (χ2v) is 4.48. The molecule has 0 amide bonds. The first-order valence-electron chi connectivity index (χ1n) is 6.45. The van der Waals surface area contributed by atoms with Crippen LogP contribution in [0.1, 0.15) is 28.7 Å². The minimum atomic E-state index is -0.535. The maximum Gasteiger partial charge on any atom is 0.310 e. The number of benzene rings is 1. The molecule has 1 aromatic carbocycles. The molecule has 7 nitrogen and oxygen atoms in total. The van der Waals surface area contributed by atoms with Crippen LogP contribution in [-0.4, -0.2) is 21.0 Å². The van der Waals surface area contributed by atoms with Gasteiger partial charge in [0.25, 0.3) is 0 Å². The van der Waals surface area contributed by atoms with Crippen LogP contribution in [0.2, 0.25) is 0 Å². The Labute approximate surface area is 121 Å². The largest absolute Gasteiger partial charge is 0.480 e. The number of carbonyl (C=O) groups is 1. The van der Waals surface area contributed by atoms with E-state index in [9.17, 15) is 14.9 Å². The van der Waals surface area contributed by atoms with Crippen molar-refractivity contribution in [2.24, 2.45) is 0 Å². The highest BCUT2D eigenvalue weighted by Gasteiger charge is 2.16. The van der Waals surface area contributed by atoms with Gasteiger partial charge in [-0.05, 0) is 32.0 Å². The van der Waals surface area contributed by atoms with Gasteiger partial charge in [0.15, 0.2) is 5.75 Å². The molecule has 7 heteroatoms. The fraction of sp³-hybridized carbons (Fsp3) is 0.286. The number of hydrogen-bond acceptors (Lipinski definition) is 5. The van der Waals surface area contributed by atoms with Crippen molar-refractivity contribution < 1.29 is 14.5 Å². The first-order chi connectivity index (χ1) is 10.0. The summed E-state index contributed by atoms with van der Waals surface area (Å²) in [6.07, 6.45) is 0.622. The summed E-state index contributed by atoms with van der Waals surface area (Å²) >= 11 is 0. The van der Waals surface area contributed by atoms with Crippen LogP contribution in [0.25, 0.3) is 0 Å². The molecule has 0 atom stereocenters. The van der Waals surface area contributed by atoms with Crippen LogP contribution in [-0.2, 0) is 13.2 Å². The van der Waals surface area contributed by atoms with E-state index >= 15 is 0 Å². The summed E-state index contributed by atoms with van der Waals surface area (Å²) in [5.41, 5.74) is 1.84. The Balaban J connectivity index is 2.25. The van der Waals surface area contributed by atoms with Gasteiger partial charge >= 0.3 is 5.69 Å². The molecule has 0 saturated heterocycles. The van der Waals surface area contributed by atoms with E-state index in [4.69, 9.17) is 4.74 Å². The van der Waals surface area contributed by atoms with Gasteiger partial charge in [0.2, 0.25) is 0 Å². The first kappa shape index (κ1) is 14.7. The molecule has 21 heavy (non-hydrogen) atoms. The first-order valence-corrected chi connectivity index (χ1v) is 6.45. The summed E-state index contributed by atoms with van der Waals surface area (Å²) in [6.45, 7) is 4.65. The van der Waals surface area contributed by atoms with Crippen LogP contribution in [0.4, 0.5) is 5.69 Å². The van der Waals surface area contributed by atoms with Crippen LogP contribution in [0, 0.1) is 17.0 Å². The van der Waals surface area contributed by atoms with Gasteiger partial charge in [-0.15, -0.1) is 0 Å². The summed E-state index contributed by atoms with van der Waals surface area (Å²) in [5.74, 6) is 0.0751. The molecule has 0 aliphatic rings. The van der Waals surface area contributed by atoms with E-state index < -0.39 is 4.92 Å². The predicted octanol–water partition coefficient (Wildman–Crippen LogP) is 2.51. The highest BCUT2D eigenvalue weighted by Crippen LogP contribution is 2.28. The zero-order chi connectivity index (χ0) is 15.4. The van der Waals surface area contributed by atoms with Crippen LogP contribution < -0.4 is 4.74 Å². The molecule has 0 fully saturated rings. The number of carbonyl (C=O) groups excluding carboxylic acids is 1. The monoisotopic (exact) mass is 289 g/mol. The van der Waals surface area contributed by atoms with E-state index in [0.717, 1.165) is 11.4 Å². The van der Waals surface area contributed by atoms with E-state index in [-0.39, 0.29) is 18.0 Å². The molecule has 0 aliphatic heterocycles. The van der Waals surface area contributed by atoms with Gasteiger partial charge < -0.3 is 4.74 Å². The molecule has 1 heterocycles. The third kappa shape index (κ3) is 3.25. The summed E-state index contributed by atoms with van der Waals surface area (Å²) in [6, 6.07) is 5.88. The minimum absolute atomic E-state index is 0.0751. The third-order valence-electron chi connectivity index (χ3n) is 2.98. The van der Waals surface area contributed by atoms with Crippen LogP contribution >= 0.6 is 0 Å². The lowest BCUT2D eigenvalue weighted by molar-refractivity contribution is -0.386. The van der Waals surface area contributed by atoms with Crippen molar-refractivity contribution in [1.82, 2.24) is 9.78 Å². The number of nitro groups is 1. The van der Waals surface area contributed by atoms with Crippen molar-refractivity contribution >= 4 is 12.0 Å². The Kier molecular flexibility index (Phi) is 4.32. The van der Waals surface area contributed by atoms with Crippen LogP contribution in [0.3, 0.4) is 0 Å². The Hall–Kier alpha value is -2.70. The van der Waals surface area contributed by atoms with Crippen molar-refractivity contribution in [3.05, 3.63) is 51.3 Å². The fourth-order valence-electron chi connectivity index (χ4n) is 2.01. The zero-order valence-corrected chi connectivity index (χ0v) is 11.8. The lowest BCUT2D eigenvalue weighted by Gasteiger charge is -2.08. The Morgan fingerprint density at radius 2 is 2.19 bits per heavy atom. The Morgan fingerprint density at radius 1 is 1.43 bits per heavy atom. The van der Waals surface area contributed by atoms with Crippen molar-refractivity contribution in [2.45, 2.75) is 27.0 Å².